The Hall–Kier alpha value is -0.420. The SMILES string of the molecule is CCc1ccc(CN2CCN3[C@@H](COC[C@@H]3C3CC3)C2)s1. The van der Waals surface area contributed by atoms with Crippen molar-refractivity contribution in [1.82, 2.24) is 9.80 Å². The Morgan fingerprint density at radius 2 is 2.05 bits per heavy atom. The number of ether oxygens (including phenoxy) is 1. The van der Waals surface area contributed by atoms with Gasteiger partial charge in [-0.3, -0.25) is 9.80 Å². The Balaban J connectivity index is 1.37. The van der Waals surface area contributed by atoms with E-state index in [4.69, 9.17) is 4.74 Å². The first kappa shape index (κ1) is 14.2. The van der Waals surface area contributed by atoms with E-state index in [1.165, 1.54) is 42.2 Å². The molecule has 1 aliphatic carbocycles. The predicted octanol–water partition coefficient (Wildman–Crippen LogP) is 2.61. The molecule has 0 spiro atoms. The molecular formula is C17H26N2OS. The number of fused-ring (bicyclic) bond motifs is 1. The number of hydrogen-bond donors (Lipinski definition) is 0. The third-order valence-corrected chi connectivity index (χ3v) is 6.46. The lowest BCUT2D eigenvalue weighted by molar-refractivity contribution is -0.0878. The van der Waals surface area contributed by atoms with Gasteiger partial charge in [0, 0.05) is 48.0 Å². The average molecular weight is 306 g/mol. The Labute approximate surface area is 131 Å². The van der Waals surface area contributed by atoms with E-state index < -0.39 is 0 Å². The van der Waals surface area contributed by atoms with Crippen LogP contribution >= 0.6 is 11.3 Å². The van der Waals surface area contributed by atoms with Crippen LogP contribution in [0.2, 0.25) is 0 Å². The van der Waals surface area contributed by atoms with Gasteiger partial charge in [-0.1, -0.05) is 6.92 Å². The van der Waals surface area contributed by atoms with Crippen LogP contribution in [0.5, 0.6) is 0 Å². The molecule has 3 aliphatic rings. The quantitative estimate of drug-likeness (QED) is 0.850. The first-order valence-corrected chi connectivity index (χ1v) is 9.28. The van der Waals surface area contributed by atoms with Crippen molar-refractivity contribution in [2.45, 2.75) is 44.8 Å². The predicted molar refractivity (Wildman–Crippen MR) is 86.8 cm³/mol. The second-order valence-corrected chi connectivity index (χ2v) is 8.04. The molecule has 0 bridgehead atoms. The number of nitrogens with zero attached hydrogens (tertiary/aromatic N) is 2. The third-order valence-electron chi connectivity index (χ3n) is 5.25. The molecule has 1 aromatic rings. The van der Waals surface area contributed by atoms with E-state index in [0.29, 0.717) is 6.04 Å². The Morgan fingerprint density at radius 1 is 1.19 bits per heavy atom. The van der Waals surface area contributed by atoms with Crippen LogP contribution in [-0.4, -0.2) is 54.7 Å². The van der Waals surface area contributed by atoms with Gasteiger partial charge >= 0.3 is 0 Å². The summed E-state index contributed by atoms with van der Waals surface area (Å²) < 4.78 is 5.91. The highest BCUT2D eigenvalue weighted by Gasteiger charge is 2.42. The van der Waals surface area contributed by atoms with Crippen LogP contribution in [0.25, 0.3) is 0 Å². The van der Waals surface area contributed by atoms with Crippen LogP contribution < -0.4 is 0 Å². The topological polar surface area (TPSA) is 15.7 Å². The number of piperazine rings is 1. The third kappa shape index (κ3) is 3.04. The van der Waals surface area contributed by atoms with Crippen LogP contribution in [0.4, 0.5) is 0 Å². The standard InChI is InChI=1S/C17H26N2OS/c1-2-15-5-6-16(21-15)10-18-7-8-19-14(9-18)11-20-12-17(19)13-3-4-13/h5-6,13-14,17H,2-4,7-12H2,1H3/t14-,17-/m1/s1. The second kappa shape index (κ2) is 5.99. The summed E-state index contributed by atoms with van der Waals surface area (Å²) >= 11 is 1.98. The minimum Gasteiger partial charge on any atom is -0.378 e. The molecule has 4 heteroatoms. The smallest absolute Gasteiger partial charge is 0.0635 e. The lowest BCUT2D eigenvalue weighted by Crippen LogP contribution is -2.62. The van der Waals surface area contributed by atoms with Crippen molar-refractivity contribution < 1.29 is 4.74 Å². The average Bonchev–Trinajstić information content (AvgIpc) is 3.26. The fraction of sp³-hybridized carbons (Fsp3) is 0.765. The summed E-state index contributed by atoms with van der Waals surface area (Å²) in [5.41, 5.74) is 0. The summed E-state index contributed by atoms with van der Waals surface area (Å²) in [6.45, 7) is 8.92. The molecule has 1 aromatic heterocycles. The highest BCUT2D eigenvalue weighted by Crippen LogP contribution is 2.38. The van der Waals surface area contributed by atoms with Gasteiger partial charge in [-0.15, -0.1) is 11.3 Å². The van der Waals surface area contributed by atoms with Crippen LogP contribution in [0.15, 0.2) is 12.1 Å². The first-order chi connectivity index (χ1) is 10.3. The van der Waals surface area contributed by atoms with Gasteiger partial charge in [-0.05, 0) is 37.3 Å². The molecule has 0 unspecified atom stereocenters. The second-order valence-electron chi connectivity index (χ2n) is 6.79. The Bertz CT molecular complexity index is 485. The van der Waals surface area contributed by atoms with Crippen LogP contribution in [0.1, 0.15) is 29.5 Å². The summed E-state index contributed by atoms with van der Waals surface area (Å²) in [6.07, 6.45) is 4.02. The van der Waals surface area contributed by atoms with Crippen LogP contribution in [-0.2, 0) is 17.7 Å². The zero-order valence-electron chi connectivity index (χ0n) is 13.0. The van der Waals surface area contributed by atoms with Crippen molar-refractivity contribution in [3.8, 4) is 0 Å². The molecule has 116 valence electrons. The molecule has 2 saturated heterocycles. The lowest BCUT2D eigenvalue weighted by Gasteiger charge is -2.48. The molecule has 0 radical (unpaired) electrons. The molecule has 0 amide bonds. The molecule has 0 aromatic carbocycles. The summed E-state index contributed by atoms with van der Waals surface area (Å²) in [4.78, 5) is 8.43. The maximum absolute atomic E-state index is 5.91. The molecule has 2 aliphatic heterocycles. The van der Waals surface area contributed by atoms with Crippen molar-refractivity contribution in [1.29, 1.82) is 0 Å². The molecule has 21 heavy (non-hydrogen) atoms. The zero-order chi connectivity index (χ0) is 14.2. The molecule has 0 N–H and O–H groups in total. The van der Waals surface area contributed by atoms with E-state index in [-0.39, 0.29) is 0 Å². The van der Waals surface area contributed by atoms with Crippen molar-refractivity contribution >= 4 is 11.3 Å². The van der Waals surface area contributed by atoms with E-state index >= 15 is 0 Å². The van der Waals surface area contributed by atoms with Gasteiger partial charge in [0.25, 0.3) is 0 Å². The van der Waals surface area contributed by atoms with Crippen molar-refractivity contribution in [3.05, 3.63) is 21.9 Å². The summed E-state index contributed by atoms with van der Waals surface area (Å²) in [5.74, 6) is 0.934. The molecular weight excluding hydrogens is 280 g/mol. The summed E-state index contributed by atoms with van der Waals surface area (Å²) in [5, 5.41) is 0. The molecule has 3 nitrogen and oxygen atoms in total. The van der Waals surface area contributed by atoms with Gasteiger partial charge in [-0.25, -0.2) is 0 Å². The zero-order valence-corrected chi connectivity index (χ0v) is 13.8. The minimum absolute atomic E-state index is 0.628. The fourth-order valence-electron chi connectivity index (χ4n) is 3.89. The van der Waals surface area contributed by atoms with Crippen LogP contribution in [0, 0.1) is 5.92 Å². The monoisotopic (exact) mass is 306 g/mol. The van der Waals surface area contributed by atoms with Gasteiger partial charge in [0.15, 0.2) is 0 Å². The Morgan fingerprint density at radius 3 is 2.81 bits per heavy atom. The van der Waals surface area contributed by atoms with Crippen molar-refractivity contribution in [3.63, 3.8) is 0 Å². The molecule has 2 atom stereocenters. The number of rotatable bonds is 4. The van der Waals surface area contributed by atoms with Crippen molar-refractivity contribution in [2.75, 3.05) is 32.8 Å². The normalized spacial score (nSPS) is 31.3. The minimum atomic E-state index is 0.628. The largest absolute Gasteiger partial charge is 0.378 e. The van der Waals surface area contributed by atoms with E-state index in [1.54, 1.807) is 0 Å². The van der Waals surface area contributed by atoms with Gasteiger partial charge in [0.2, 0.25) is 0 Å². The number of aryl methyl sites for hydroxylation is 1. The van der Waals surface area contributed by atoms with E-state index in [0.717, 1.165) is 38.1 Å². The first-order valence-electron chi connectivity index (χ1n) is 8.47. The van der Waals surface area contributed by atoms with E-state index in [2.05, 4.69) is 28.9 Å². The van der Waals surface area contributed by atoms with Gasteiger partial charge in [0.05, 0.1) is 13.2 Å². The molecule has 3 fully saturated rings. The maximum atomic E-state index is 5.91. The van der Waals surface area contributed by atoms with Gasteiger partial charge < -0.3 is 4.74 Å². The molecule has 3 heterocycles. The number of morpholine rings is 1. The maximum Gasteiger partial charge on any atom is 0.0635 e. The van der Waals surface area contributed by atoms with Gasteiger partial charge in [-0.2, -0.15) is 0 Å². The Kier molecular flexibility index (Phi) is 4.05. The van der Waals surface area contributed by atoms with E-state index in [1.807, 2.05) is 11.3 Å². The highest BCUT2D eigenvalue weighted by molar-refractivity contribution is 7.11. The van der Waals surface area contributed by atoms with Gasteiger partial charge in [0.1, 0.15) is 0 Å². The highest BCUT2D eigenvalue weighted by atomic mass is 32.1. The summed E-state index contributed by atoms with van der Waals surface area (Å²) in [6, 6.07) is 5.96. The van der Waals surface area contributed by atoms with Crippen LogP contribution in [0.3, 0.4) is 0 Å². The lowest BCUT2D eigenvalue weighted by atomic mass is 10.0. The molecule has 1 saturated carbocycles. The number of thiophene rings is 1. The fourth-order valence-corrected chi connectivity index (χ4v) is 4.89. The number of hydrogen-bond acceptors (Lipinski definition) is 4. The molecule has 4 rings (SSSR count). The van der Waals surface area contributed by atoms with E-state index in [9.17, 15) is 0 Å². The summed E-state index contributed by atoms with van der Waals surface area (Å²) in [7, 11) is 0. The van der Waals surface area contributed by atoms with Crippen molar-refractivity contribution in [2.24, 2.45) is 5.92 Å².